The Morgan fingerprint density at radius 1 is 0.976 bits per heavy atom. The third-order valence-electron chi connectivity index (χ3n) is 8.65. The summed E-state index contributed by atoms with van der Waals surface area (Å²) in [6, 6.07) is 20.6. The molecule has 2 atom stereocenters. The van der Waals surface area contributed by atoms with Crippen LogP contribution in [0, 0.1) is 5.92 Å². The monoisotopic (exact) mass is 589 g/mol. The van der Waals surface area contributed by atoms with Gasteiger partial charge in [0.05, 0.1) is 17.5 Å². The maximum atomic E-state index is 13.7. The van der Waals surface area contributed by atoms with Crippen LogP contribution < -0.4 is 5.56 Å². The molecule has 10 nitrogen and oxygen atoms in total. The van der Waals surface area contributed by atoms with E-state index in [1.165, 1.54) is 15.8 Å². The topological polar surface area (TPSA) is 121 Å². The van der Waals surface area contributed by atoms with Gasteiger partial charge in [0.2, 0.25) is 5.91 Å². The van der Waals surface area contributed by atoms with Gasteiger partial charge in [-0.1, -0.05) is 60.1 Å². The van der Waals surface area contributed by atoms with Crippen molar-refractivity contribution >= 4 is 34.6 Å². The zero-order valence-corrected chi connectivity index (χ0v) is 23.7. The van der Waals surface area contributed by atoms with Gasteiger partial charge in [-0.05, 0) is 43.0 Å². The van der Waals surface area contributed by atoms with Gasteiger partial charge in [0.15, 0.2) is 5.65 Å². The molecular formula is C31H32ClN5O5. The zero-order chi connectivity index (χ0) is 29.4. The van der Waals surface area contributed by atoms with Gasteiger partial charge in [-0.3, -0.25) is 18.7 Å². The number of piperidine rings is 2. The fourth-order valence-electron chi connectivity index (χ4n) is 6.33. The van der Waals surface area contributed by atoms with Crippen LogP contribution in [-0.4, -0.2) is 77.9 Å². The van der Waals surface area contributed by atoms with E-state index >= 15 is 0 Å². The number of rotatable bonds is 5. The highest BCUT2D eigenvalue weighted by Crippen LogP contribution is 2.35. The molecule has 4 heterocycles. The van der Waals surface area contributed by atoms with Crippen molar-refractivity contribution in [3.63, 3.8) is 0 Å². The van der Waals surface area contributed by atoms with Crippen molar-refractivity contribution in [2.24, 2.45) is 5.92 Å². The number of likely N-dealkylation sites (tertiary alicyclic amines) is 2. The summed E-state index contributed by atoms with van der Waals surface area (Å²) < 4.78 is 3.13. The Kier molecular flexibility index (Phi) is 7.51. The average molecular weight is 590 g/mol. The van der Waals surface area contributed by atoms with E-state index in [2.05, 4.69) is 4.98 Å². The molecule has 2 saturated heterocycles. The third kappa shape index (κ3) is 5.28. The molecule has 0 spiro atoms. The maximum absolute atomic E-state index is 13.7. The van der Waals surface area contributed by atoms with Crippen molar-refractivity contribution in [2.45, 2.75) is 37.3 Å². The second kappa shape index (κ2) is 11.3. The van der Waals surface area contributed by atoms with Crippen LogP contribution in [0.5, 0.6) is 0 Å². The van der Waals surface area contributed by atoms with E-state index in [4.69, 9.17) is 11.6 Å². The summed E-state index contributed by atoms with van der Waals surface area (Å²) in [6.07, 6.45) is 1.51. The van der Waals surface area contributed by atoms with E-state index < -0.39 is 11.7 Å². The van der Waals surface area contributed by atoms with Crippen LogP contribution in [-0.2, 0) is 11.3 Å². The minimum Gasteiger partial charge on any atom is -0.465 e. The first-order chi connectivity index (χ1) is 20.2. The molecule has 0 aliphatic carbocycles. The van der Waals surface area contributed by atoms with Crippen LogP contribution in [0.1, 0.15) is 30.7 Å². The molecule has 2 aliphatic rings. The molecule has 2 aromatic heterocycles. The second-order valence-electron chi connectivity index (χ2n) is 11.2. The quantitative estimate of drug-likeness (QED) is 0.363. The molecule has 2 fully saturated rings. The molecule has 0 unspecified atom stereocenters. The summed E-state index contributed by atoms with van der Waals surface area (Å²) >= 11 is 6.48. The molecule has 0 saturated carbocycles. The minimum atomic E-state index is -1.19. The number of aliphatic hydroxyl groups is 1. The summed E-state index contributed by atoms with van der Waals surface area (Å²) in [7, 11) is 0. The van der Waals surface area contributed by atoms with E-state index in [-0.39, 0.29) is 36.4 Å². The van der Waals surface area contributed by atoms with Crippen molar-refractivity contribution in [1.29, 1.82) is 0 Å². The van der Waals surface area contributed by atoms with Crippen LogP contribution in [0.3, 0.4) is 0 Å². The Hall–Kier alpha value is -4.15. The summed E-state index contributed by atoms with van der Waals surface area (Å²) in [5.74, 6) is -0.606. The first-order valence-electron chi connectivity index (χ1n) is 14.1. The summed E-state index contributed by atoms with van der Waals surface area (Å²) in [5.41, 5.74) is 0.702. The van der Waals surface area contributed by atoms with Gasteiger partial charge in [0, 0.05) is 43.7 Å². The molecule has 218 valence electrons. The summed E-state index contributed by atoms with van der Waals surface area (Å²) in [4.78, 5) is 46.5. The molecule has 4 aromatic rings. The number of hydrogen-bond acceptors (Lipinski definition) is 5. The fraction of sp³-hybridized carbons (Fsp3) is 0.355. The van der Waals surface area contributed by atoms with E-state index in [1.807, 2.05) is 60.7 Å². The number of halogens is 1. The molecule has 6 rings (SSSR count). The molecule has 2 aromatic carbocycles. The zero-order valence-electron chi connectivity index (χ0n) is 23.0. The molecule has 42 heavy (non-hydrogen) atoms. The minimum absolute atomic E-state index is 0.0203. The number of carbonyl (C=O) groups excluding carboxylic acids is 1. The maximum Gasteiger partial charge on any atom is 0.407 e. The van der Waals surface area contributed by atoms with Crippen LogP contribution >= 0.6 is 11.6 Å². The number of hydrogen-bond donors (Lipinski definition) is 2. The lowest BCUT2D eigenvalue weighted by molar-refractivity contribution is -0.142. The highest BCUT2D eigenvalue weighted by Gasteiger charge is 2.41. The normalized spacial score (nSPS) is 20.5. The number of carbonyl (C=O) groups is 2. The highest BCUT2D eigenvalue weighted by atomic mass is 35.5. The van der Waals surface area contributed by atoms with Crippen LogP contribution in [0.15, 0.2) is 77.9 Å². The molecular weight excluding hydrogens is 558 g/mol. The van der Waals surface area contributed by atoms with Crippen LogP contribution in [0.4, 0.5) is 4.79 Å². The number of nitrogens with zero attached hydrogens (tertiary/aromatic N) is 5. The average Bonchev–Trinajstić information content (AvgIpc) is 3.35. The van der Waals surface area contributed by atoms with Crippen molar-refractivity contribution in [3.05, 3.63) is 94.1 Å². The number of carboxylic acid groups (broad SMARTS) is 1. The molecule has 2 aliphatic heterocycles. The van der Waals surface area contributed by atoms with Gasteiger partial charge in [0.25, 0.3) is 5.56 Å². The Morgan fingerprint density at radius 2 is 1.64 bits per heavy atom. The summed E-state index contributed by atoms with van der Waals surface area (Å²) in [5, 5.41) is 21.8. The van der Waals surface area contributed by atoms with Crippen LogP contribution in [0.25, 0.3) is 16.7 Å². The van der Waals surface area contributed by atoms with Gasteiger partial charge in [-0.2, -0.15) is 0 Å². The predicted octanol–water partition coefficient (Wildman–Crippen LogP) is 3.98. The van der Waals surface area contributed by atoms with Crippen molar-refractivity contribution in [1.82, 2.24) is 23.9 Å². The number of fused-ring (bicyclic) bond motifs is 1. The van der Waals surface area contributed by atoms with Crippen molar-refractivity contribution in [2.75, 3.05) is 26.2 Å². The Balaban J connectivity index is 1.16. The number of benzene rings is 2. The van der Waals surface area contributed by atoms with E-state index in [0.29, 0.717) is 55.1 Å². The Morgan fingerprint density at radius 3 is 2.31 bits per heavy atom. The number of para-hydroxylation sites is 1. The van der Waals surface area contributed by atoms with Gasteiger partial charge in [-0.25, -0.2) is 9.78 Å². The van der Waals surface area contributed by atoms with E-state index in [1.54, 1.807) is 15.5 Å². The predicted molar refractivity (Wildman–Crippen MR) is 158 cm³/mol. The van der Waals surface area contributed by atoms with Gasteiger partial charge in [0.1, 0.15) is 11.5 Å². The smallest absolute Gasteiger partial charge is 0.407 e. The lowest BCUT2D eigenvalue weighted by Gasteiger charge is -2.42. The molecule has 2 N–H and O–H groups in total. The molecule has 0 bridgehead atoms. The fourth-order valence-corrected chi connectivity index (χ4v) is 6.62. The Labute approximate surface area is 247 Å². The third-order valence-corrected chi connectivity index (χ3v) is 8.93. The summed E-state index contributed by atoms with van der Waals surface area (Å²) in [6.45, 7) is 1.31. The SMILES string of the molecule is O=C(O)N1CC[C@@H](C(=O)N2CCC(O)(Cn3cnc4c(cc(Cl)n4-c4ccccc4)c3=O)CC2)[C@H](c2ccccc2)C1. The van der Waals surface area contributed by atoms with Crippen molar-refractivity contribution in [3.8, 4) is 5.69 Å². The Bertz CT molecular complexity index is 1660. The molecule has 0 radical (unpaired) electrons. The first kappa shape index (κ1) is 28.0. The molecule has 11 heteroatoms. The molecule has 2 amide bonds. The largest absolute Gasteiger partial charge is 0.465 e. The second-order valence-corrected chi connectivity index (χ2v) is 11.6. The van der Waals surface area contributed by atoms with Gasteiger partial charge >= 0.3 is 6.09 Å². The standard InChI is InChI=1S/C31H32ClN5O5/c32-26-17-24-27(37(26)22-9-5-2-6-10-22)33-20-36(29(24)39)19-31(42)12-15-34(16-13-31)28(38)23-11-14-35(30(40)41)18-25(23)21-7-3-1-4-8-21/h1-10,17,20,23,25,42H,11-16,18-19H2,(H,40,41)/t23-,25+/m1/s1. The van der Waals surface area contributed by atoms with Crippen LogP contribution in [0.2, 0.25) is 5.15 Å². The van der Waals surface area contributed by atoms with E-state index in [9.17, 15) is 24.6 Å². The van der Waals surface area contributed by atoms with Gasteiger partial charge in [-0.15, -0.1) is 0 Å². The van der Waals surface area contributed by atoms with E-state index in [0.717, 1.165) is 11.3 Å². The highest BCUT2D eigenvalue weighted by molar-refractivity contribution is 6.31. The lowest BCUT2D eigenvalue weighted by Crippen LogP contribution is -2.53. The lowest BCUT2D eigenvalue weighted by atomic mass is 9.79. The first-order valence-corrected chi connectivity index (χ1v) is 14.5. The van der Waals surface area contributed by atoms with Crippen molar-refractivity contribution < 1.29 is 19.8 Å². The van der Waals surface area contributed by atoms with Gasteiger partial charge < -0.3 is 20.0 Å². The number of amides is 2. The number of aromatic nitrogens is 3.